The fourth-order valence-corrected chi connectivity index (χ4v) is 2.39. The molecule has 124 valence electrons. The van der Waals surface area contributed by atoms with Crippen molar-refractivity contribution in [3.8, 4) is 11.3 Å². The van der Waals surface area contributed by atoms with Gasteiger partial charge in [0.05, 0.1) is 13.0 Å². The molecule has 0 radical (unpaired) electrons. The smallest absolute Gasteiger partial charge is 0.322 e. The largest absolute Gasteiger partial charge is 0.359 e. The first kappa shape index (κ1) is 15.7. The number of hydrogen-bond donors (Lipinski definition) is 2. The number of urea groups is 1. The zero-order valence-corrected chi connectivity index (χ0v) is 13.0. The number of amides is 4. The Bertz CT molecular complexity index is 771. The summed E-state index contributed by atoms with van der Waals surface area (Å²) in [7, 11) is 1.60. The molecule has 0 aliphatic carbocycles. The molecule has 1 aromatic carbocycles. The van der Waals surface area contributed by atoms with Crippen LogP contribution in [0.4, 0.5) is 4.79 Å². The zero-order valence-electron chi connectivity index (χ0n) is 13.0. The molecule has 0 spiro atoms. The van der Waals surface area contributed by atoms with Crippen LogP contribution >= 0.6 is 0 Å². The highest BCUT2D eigenvalue weighted by Crippen LogP contribution is 2.19. The Kier molecular flexibility index (Phi) is 4.28. The molecule has 4 amide bonds. The number of nitrogens with one attached hydrogen (secondary N) is 2. The SMILES string of the molecule is CN(Cc1cc(-c2ccccc2)no1)C(=O)C[C@@H]1NC(=O)NC1=O. The molecule has 1 saturated heterocycles. The predicted octanol–water partition coefficient (Wildman–Crippen LogP) is 0.898. The number of imide groups is 1. The lowest BCUT2D eigenvalue weighted by Crippen LogP contribution is -2.36. The summed E-state index contributed by atoms with van der Waals surface area (Å²) in [5.41, 5.74) is 1.61. The lowest BCUT2D eigenvalue weighted by Gasteiger charge is -2.16. The first-order valence-electron chi connectivity index (χ1n) is 7.39. The maximum atomic E-state index is 12.2. The van der Waals surface area contributed by atoms with Crippen molar-refractivity contribution in [3.63, 3.8) is 0 Å². The Balaban J connectivity index is 1.59. The maximum Gasteiger partial charge on any atom is 0.322 e. The second-order valence-electron chi connectivity index (χ2n) is 5.51. The Morgan fingerprint density at radius 1 is 1.29 bits per heavy atom. The minimum Gasteiger partial charge on any atom is -0.359 e. The molecule has 24 heavy (non-hydrogen) atoms. The Morgan fingerprint density at radius 3 is 2.71 bits per heavy atom. The van der Waals surface area contributed by atoms with Gasteiger partial charge in [-0.05, 0) is 0 Å². The number of hydrogen-bond acceptors (Lipinski definition) is 5. The fraction of sp³-hybridized carbons (Fsp3) is 0.250. The zero-order chi connectivity index (χ0) is 17.1. The van der Waals surface area contributed by atoms with Crippen LogP contribution in [0.25, 0.3) is 11.3 Å². The van der Waals surface area contributed by atoms with E-state index in [1.807, 2.05) is 30.3 Å². The molecule has 0 bridgehead atoms. The Morgan fingerprint density at radius 2 is 2.04 bits per heavy atom. The molecular weight excluding hydrogens is 312 g/mol. The Hall–Kier alpha value is -3.16. The van der Waals surface area contributed by atoms with Gasteiger partial charge in [0.25, 0.3) is 5.91 Å². The van der Waals surface area contributed by atoms with E-state index in [9.17, 15) is 14.4 Å². The van der Waals surface area contributed by atoms with Gasteiger partial charge in [-0.15, -0.1) is 0 Å². The van der Waals surface area contributed by atoms with Crippen LogP contribution in [-0.2, 0) is 16.1 Å². The fourth-order valence-electron chi connectivity index (χ4n) is 2.39. The Labute approximate surface area is 137 Å². The summed E-state index contributed by atoms with van der Waals surface area (Å²) in [4.78, 5) is 36.1. The van der Waals surface area contributed by atoms with E-state index in [1.165, 1.54) is 4.90 Å². The highest BCUT2D eigenvalue weighted by molar-refractivity contribution is 6.05. The van der Waals surface area contributed by atoms with Crippen molar-refractivity contribution in [2.45, 2.75) is 19.0 Å². The molecule has 0 unspecified atom stereocenters. The molecule has 2 aromatic rings. The monoisotopic (exact) mass is 328 g/mol. The van der Waals surface area contributed by atoms with Crippen molar-refractivity contribution >= 4 is 17.8 Å². The number of carbonyl (C=O) groups excluding carboxylic acids is 3. The van der Waals surface area contributed by atoms with Crippen molar-refractivity contribution < 1.29 is 18.9 Å². The molecule has 8 heteroatoms. The molecular formula is C16H16N4O4. The first-order chi connectivity index (χ1) is 11.5. The minimum atomic E-state index is -0.831. The number of nitrogens with zero attached hydrogens (tertiary/aromatic N) is 2. The summed E-state index contributed by atoms with van der Waals surface area (Å²) < 4.78 is 5.26. The van der Waals surface area contributed by atoms with E-state index >= 15 is 0 Å². The third-order valence-corrected chi connectivity index (χ3v) is 3.68. The van der Waals surface area contributed by atoms with Gasteiger partial charge in [0.15, 0.2) is 5.76 Å². The summed E-state index contributed by atoms with van der Waals surface area (Å²) in [6, 6.07) is 9.90. The quantitative estimate of drug-likeness (QED) is 0.794. The molecule has 1 aliphatic rings. The summed E-state index contributed by atoms with van der Waals surface area (Å²) in [6.45, 7) is 0.223. The highest BCUT2D eigenvalue weighted by Gasteiger charge is 2.32. The average Bonchev–Trinajstić information content (AvgIpc) is 3.15. The van der Waals surface area contributed by atoms with Crippen LogP contribution in [-0.4, -0.2) is 41.0 Å². The van der Waals surface area contributed by atoms with Gasteiger partial charge in [0, 0.05) is 18.7 Å². The summed E-state index contributed by atoms with van der Waals surface area (Å²) in [6.07, 6.45) is -0.103. The van der Waals surface area contributed by atoms with E-state index in [0.29, 0.717) is 11.5 Å². The van der Waals surface area contributed by atoms with E-state index in [-0.39, 0.29) is 18.9 Å². The molecule has 3 rings (SSSR count). The highest BCUT2D eigenvalue weighted by atomic mass is 16.5. The summed E-state index contributed by atoms with van der Waals surface area (Å²) in [5, 5.41) is 8.48. The van der Waals surface area contributed by atoms with Crippen molar-refractivity contribution in [3.05, 3.63) is 42.2 Å². The number of benzene rings is 1. The molecule has 1 aromatic heterocycles. The normalized spacial score (nSPS) is 16.6. The number of rotatable bonds is 5. The van der Waals surface area contributed by atoms with Gasteiger partial charge in [0.2, 0.25) is 5.91 Å². The van der Waals surface area contributed by atoms with Crippen LogP contribution in [0.1, 0.15) is 12.2 Å². The van der Waals surface area contributed by atoms with Gasteiger partial charge in [-0.3, -0.25) is 14.9 Å². The molecule has 8 nitrogen and oxygen atoms in total. The second-order valence-corrected chi connectivity index (χ2v) is 5.51. The minimum absolute atomic E-state index is 0.103. The third kappa shape index (κ3) is 3.43. The average molecular weight is 328 g/mol. The number of aromatic nitrogens is 1. The van der Waals surface area contributed by atoms with Crippen molar-refractivity contribution in [2.24, 2.45) is 0 Å². The second kappa shape index (κ2) is 6.53. The molecule has 1 fully saturated rings. The van der Waals surface area contributed by atoms with Gasteiger partial charge in [0.1, 0.15) is 11.7 Å². The molecule has 0 saturated carbocycles. The van der Waals surface area contributed by atoms with Gasteiger partial charge >= 0.3 is 6.03 Å². The lowest BCUT2D eigenvalue weighted by atomic mass is 10.1. The molecule has 2 N–H and O–H groups in total. The van der Waals surface area contributed by atoms with E-state index in [0.717, 1.165) is 5.56 Å². The van der Waals surface area contributed by atoms with Gasteiger partial charge in [-0.25, -0.2) is 4.79 Å². The van der Waals surface area contributed by atoms with Crippen LogP contribution in [0.3, 0.4) is 0 Å². The van der Waals surface area contributed by atoms with Gasteiger partial charge in [-0.1, -0.05) is 35.5 Å². The lowest BCUT2D eigenvalue weighted by molar-refractivity contribution is -0.133. The van der Waals surface area contributed by atoms with Crippen molar-refractivity contribution in [1.82, 2.24) is 20.7 Å². The van der Waals surface area contributed by atoms with E-state index < -0.39 is 18.0 Å². The van der Waals surface area contributed by atoms with Crippen LogP contribution in [0, 0.1) is 0 Å². The van der Waals surface area contributed by atoms with Crippen LogP contribution in [0.5, 0.6) is 0 Å². The van der Waals surface area contributed by atoms with E-state index in [2.05, 4.69) is 15.8 Å². The number of carbonyl (C=O) groups is 3. The van der Waals surface area contributed by atoms with Crippen LogP contribution in [0.2, 0.25) is 0 Å². The maximum absolute atomic E-state index is 12.2. The van der Waals surface area contributed by atoms with E-state index in [1.54, 1.807) is 13.1 Å². The van der Waals surface area contributed by atoms with Crippen molar-refractivity contribution in [2.75, 3.05) is 7.05 Å². The topological polar surface area (TPSA) is 105 Å². The molecule has 2 heterocycles. The third-order valence-electron chi connectivity index (χ3n) is 3.68. The van der Waals surface area contributed by atoms with Crippen molar-refractivity contribution in [1.29, 1.82) is 0 Å². The van der Waals surface area contributed by atoms with Gasteiger partial charge in [-0.2, -0.15) is 0 Å². The predicted molar refractivity (Wildman–Crippen MR) is 83.5 cm³/mol. The van der Waals surface area contributed by atoms with E-state index in [4.69, 9.17) is 4.52 Å². The first-order valence-corrected chi connectivity index (χ1v) is 7.39. The summed E-state index contributed by atoms with van der Waals surface area (Å²) in [5.74, 6) is -0.243. The summed E-state index contributed by atoms with van der Waals surface area (Å²) >= 11 is 0. The van der Waals surface area contributed by atoms with Crippen LogP contribution < -0.4 is 10.6 Å². The molecule has 1 aliphatic heterocycles. The van der Waals surface area contributed by atoms with Crippen LogP contribution in [0.15, 0.2) is 40.9 Å². The molecule has 1 atom stereocenters. The standard InChI is InChI=1S/C16H16N4O4/c1-20(14(21)8-13-15(22)18-16(23)17-13)9-11-7-12(19-24-11)10-5-3-2-4-6-10/h2-7,13H,8-9H2,1H3,(H2,17,18,22,23)/t13-/m0/s1. The van der Waals surface area contributed by atoms with Gasteiger partial charge < -0.3 is 14.7 Å².